The SMILES string of the molecule is CCCSc1ccccc1-n1ccnc1-c1cccnc1. The maximum absolute atomic E-state index is 4.50. The van der Waals surface area contributed by atoms with Gasteiger partial charge in [0.15, 0.2) is 0 Å². The lowest BCUT2D eigenvalue weighted by Gasteiger charge is -2.12. The van der Waals surface area contributed by atoms with Gasteiger partial charge in [-0.1, -0.05) is 19.1 Å². The lowest BCUT2D eigenvalue weighted by molar-refractivity contribution is 1.03. The van der Waals surface area contributed by atoms with E-state index in [1.807, 2.05) is 42.5 Å². The van der Waals surface area contributed by atoms with E-state index in [9.17, 15) is 0 Å². The fraction of sp³-hybridized carbons (Fsp3) is 0.176. The van der Waals surface area contributed by atoms with Gasteiger partial charge in [-0.3, -0.25) is 9.55 Å². The van der Waals surface area contributed by atoms with Gasteiger partial charge in [-0.25, -0.2) is 4.98 Å². The van der Waals surface area contributed by atoms with Crippen molar-refractivity contribution >= 4 is 11.8 Å². The molecule has 0 saturated carbocycles. The van der Waals surface area contributed by atoms with Crippen LogP contribution in [0.5, 0.6) is 0 Å². The van der Waals surface area contributed by atoms with Crippen LogP contribution in [0, 0.1) is 0 Å². The Morgan fingerprint density at radius 1 is 1.10 bits per heavy atom. The summed E-state index contributed by atoms with van der Waals surface area (Å²) in [7, 11) is 0. The summed E-state index contributed by atoms with van der Waals surface area (Å²) in [5, 5.41) is 0. The molecule has 0 bridgehead atoms. The van der Waals surface area contributed by atoms with Gasteiger partial charge >= 0.3 is 0 Å². The minimum Gasteiger partial charge on any atom is -0.299 e. The number of para-hydroxylation sites is 1. The molecule has 0 aliphatic rings. The van der Waals surface area contributed by atoms with Crippen molar-refractivity contribution < 1.29 is 0 Å². The normalized spacial score (nSPS) is 10.7. The highest BCUT2D eigenvalue weighted by atomic mass is 32.2. The Morgan fingerprint density at radius 3 is 2.81 bits per heavy atom. The number of pyridine rings is 1. The Labute approximate surface area is 129 Å². The molecule has 3 aromatic rings. The van der Waals surface area contributed by atoms with Crippen LogP contribution >= 0.6 is 11.8 Å². The summed E-state index contributed by atoms with van der Waals surface area (Å²) in [5.41, 5.74) is 2.20. The fourth-order valence-corrected chi connectivity index (χ4v) is 3.11. The summed E-state index contributed by atoms with van der Waals surface area (Å²) in [4.78, 5) is 9.97. The van der Waals surface area contributed by atoms with E-state index in [-0.39, 0.29) is 0 Å². The summed E-state index contributed by atoms with van der Waals surface area (Å²) in [6.45, 7) is 2.20. The molecule has 3 rings (SSSR count). The van der Waals surface area contributed by atoms with Crippen LogP contribution < -0.4 is 0 Å². The minimum absolute atomic E-state index is 0.924. The van der Waals surface area contributed by atoms with Gasteiger partial charge in [0, 0.05) is 35.2 Å². The second kappa shape index (κ2) is 6.59. The maximum Gasteiger partial charge on any atom is 0.146 e. The van der Waals surface area contributed by atoms with Gasteiger partial charge in [0.2, 0.25) is 0 Å². The average Bonchev–Trinajstić information content (AvgIpc) is 3.03. The molecule has 0 saturated heterocycles. The van der Waals surface area contributed by atoms with Gasteiger partial charge in [-0.05, 0) is 36.4 Å². The fourth-order valence-electron chi connectivity index (χ4n) is 2.20. The number of imidazole rings is 1. The second-order valence-electron chi connectivity index (χ2n) is 4.68. The van der Waals surface area contributed by atoms with Gasteiger partial charge in [-0.2, -0.15) is 0 Å². The van der Waals surface area contributed by atoms with Gasteiger partial charge in [0.1, 0.15) is 5.82 Å². The predicted octanol–water partition coefficient (Wildman–Crippen LogP) is 4.44. The molecule has 0 spiro atoms. The molecule has 21 heavy (non-hydrogen) atoms. The summed E-state index contributed by atoms with van der Waals surface area (Å²) in [6.07, 6.45) is 8.64. The van der Waals surface area contributed by atoms with Gasteiger partial charge in [-0.15, -0.1) is 11.8 Å². The average molecular weight is 295 g/mol. The molecule has 0 amide bonds. The van der Waals surface area contributed by atoms with Gasteiger partial charge in [0.25, 0.3) is 0 Å². The first-order valence-corrected chi connectivity index (χ1v) is 8.04. The zero-order valence-corrected chi connectivity index (χ0v) is 12.8. The van der Waals surface area contributed by atoms with Crippen LogP contribution in [0.15, 0.2) is 66.1 Å². The van der Waals surface area contributed by atoms with Crippen LogP contribution in [0.3, 0.4) is 0 Å². The van der Waals surface area contributed by atoms with Crippen molar-refractivity contribution in [1.29, 1.82) is 0 Å². The monoisotopic (exact) mass is 295 g/mol. The van der Waals surface area contributed by atoms with E-state index in [4.69, 9.17) is 0 Å². The number of thioether (sulfide) groups is 1. The molecule has 2 heterocycles. The lowest BCUT2D eigenvalue weighted by atomic mass is 10.2. The van der Waals surface area contributed by atoms with E-state index in [0.29, 0.717) is 0 Å². The third-order valence-electron chi connectivity index (χ3n) is 3.15. The molecule has 0 fully saturated rings. The summed E-state index contributed by atoms with van der Waals surface area (Å²) < 4.78 is 2.13. The smallest absolute Gasteiger partial charge is 0.146 e. The highest BCUT2D eigenvalue weighted by Gasteiger charge is 2.10. The maximum atomic E-state index is 4.50. The zero-order valence-electron chi connectivity index (χ0n) is 11.9. The van der Waals surface area contributed by atoms with E-state index in [1.54, 1.807) is 6.20 Å². The van der Waals surface area contributed by atoms with E-state index < -0.39 is 0 Å². The van der Waals surface area contributed by atoms with Crippen molar-refractivity contribution in [1.82, 2.24) is 14.5 Å². The van der Waals surface area contributed by atoms with Crippen LogP contribution in [0.4, 0.5) is 0 Å². The van der Waals surface area contributed by atoms with E-state index in [1.165, 1.54) is 17.0 Å². The standard InChI is InChI=1S/C17H17N3S/c1-2-12-21-16-8-4-3-7-15(16)20-11-10-19-17(20)14-6-5-9-18-13-14/h3-11,13H,2,12H2,1H3. The van der Waals surface area contributed by atoms with Crippen LogP contribution in [0.1, 0.15) is 13.3 Å². The van der Waals surface area contributed by atoms with Crippen LogP contribution in [-0.4, -0.2) is 20.3 Å². The number of benzene rings is 1. The van der Waals surface area contributed by atoms with Crippen LogP contribution in [0.2, 0.25) is 0 Å². The van der Waals surface area contributed by atoms with Crippen molar-refractivity contribution in [3.63, 3.8) is 0 Å². The Kier molecular flexibility index (Phi) is 4.36. The summed E-state index contributed by atoms with van der Waals surface area (Å²) in [5.74, 6) is 2.04. The van der Waals surface area contributed by atoms with E-state index >= 15 is 0 Å². The molecule has 0 aliphatic carbocycles. The molecule has 106 valence electrons. The molecule has 0 unspecified atom stereocenters. The van der Waals surface area contributed by atoms with Crippen molar-refractivity contribution in [2.45, 2.75) is 18.2 Å². The lowest BCUT2D eigenvalue weighted by Crippen LogP contribution is -1.98. The topological polar surface area (TPSA) is 30.7 Å². The molecular weight excluding hydrogens is 278 g/mol. The third-order valence-corrected chi connectivity index (χ3v) is 4.42. The predicted molar refractivity (Wildman–Crippen MR) is 87.8 cm³/mol. The third kappa shape index (κ3) is 3.00. The largest absolute Gasteiger partial charge is 0.299 e. The van der Waals surface area contributed by atoms with Gasteiger partial charge < -0.3 is 0 Å². The first-order valence-electron chi connectivity index (χ1n) is 7.06. The second-order valence-corrected chi connectivity index (χ2v) is 5.82. The van der Waals surface area contributed by atoms with Crippen molar-refractivity contribution in [3.8, 4) is 17.1 Å². The van der Waals surface area contributed by atoms with E-state index in [2.05, 4.69) is 45.7 Å². The molecule has 0 radical (unpaired) electrons. The first-order chi connectivity index (χ1) is 10.4. The minimum atomic E-state index is 0.924. The highest BCUT2D eigenvalue weighted by molar-refractivity contribution is 7.99. The molecule has 4 heteroatoms. The number of hydrogen-bond acceptors (Lipinski definition) is 3. The summed E-state index contributed by atoms with van der Waals surface area (Å²) in [6, 6.07) is 12.4. The molecule has 0 atom stereocenters. The zero-order chi connectivity index (χ0) is 14.5. The number of rotatable bonds is 5. The summed E-state index contributed by atoms with van der Waals surface area (Å²) >= 11 is 1.88. The van der Waals surface area contributed by atoms with Crippen LogP contribution in [-0.2, 0) is 0 Å². The molecule has 3 nitrogen and oxygen atoms in total. The van der Waals surface area contributed by atoms with Crippen LogP contribution in [0.25, 0.3) is 17.1 Å². The molecular formula is C17H17N3S. The Balaban J connectivity index is 2.05. The number of aromatic nitrogens is 3. The number of nitrogens with zero attached hydrogens (tertiary/aromatic N) is 3. The quantitative estimate of drug-likeness (QED) is 0.652. The molecule has 2 aromatic heterocycles. The van der Waals surface area contributed by atoms with Crippen molar-refractivity contribution in [2.24, 2.45) is 0 Å². The van der Waals surface area contributed by atoms with Crippen molar-refractivity contribution in [3.05, 3.63) is 61.2 Å². The molecule has 0 aliphatic heterocycles. The Bertz CT molecular complexity index is 707. The van der Waals surface area contributed by atoms with Crippen molar-refractivity contribution in [2.75, 3.05) is 5.75 Å². The highest BCUT2D eigenvalue weighted by Crippen LogP contribution is 2.29. The Hall–Kier alpha value is -2.07. The molecule has 0 N–H and O–H groups in total. The first kappa shape index (κ1) is 13.9. The number of hydrogen-bond donors (Lipinski definition) is 0. The Morgan fingerprint density at radius 2 is 2.00 bits per heavy atom. The molecule has 1 aromatic carbocycles. The van der Waals surface area contributed by atoms with Gasteiger partial charge in [0.05, 0.1) is 5.69 Å². The van der Waals surface area contributed by atoms with E-state index in [0.717, 1.165) is 17.1 Å².